The fraction of sp³-hybridized carbons (Fsp3) is 0.349. The standard InChI is InChI=1S/C83H84N2O4/c1-6-9-12-15-17-23-45-82(46-24-18-16-13-10-7-2)70-49-53(4)28-32-58(70)60-34-30-55(51-72(60)82)56-31-35-61-59-33-29-54(5)50-71(59)83(73(61)52-56,44-22-14-11-8-3)47-25-48-84-78(86)66-40-36-62-64-38-42-68-77-69(81(89)85(80(68)88)57-26-20-19-21-27-57)43-39-65(75(64)77)63-37-41-67(79(84)87)76(66)74(62)63/h19-21,26-43,49-52H,6-18,22-25,44-48H2,1-5H3. The van der Waals surface area contributed by atoms with E-state index in [-0.39, 0.29) is 34.5 Å². The van der Waals surface area contributed by atoms with Gasteiger partial charge in [0.05, 0.1) is 5.69 Å². The van der Waals surface area contributed by atoms with Gasteiger partial charge in [0.25, 0.3) is 23.6 Å². The first-order valence-corrected chi connectivity index (χ1v) is 34.0. The number of unbranched alkanes of at least 4 members (excludes halogenated alkanes) is 13. The van der Waals surface area contributed by atoms with Crippen molar-refractivity contribution in [3.05, 3.63) is 207 Å². The maximum atomic E-state index is 15.2. The predicted molar refractivity (Wildman–Crippen MR) is 368 cm³/mol. The molecule has 0 aromatic heterocycles. The summed E-state index contributed by atoms with van der Waals surface area (Å²) in [4.78, 5) is 61.7. The largest absolute Gasteiger partial charge is 0.274 e. The maximum Gasteiger partial charge on any atom is 0.265 e. The Morgan fingerprint density at radius 1 is 0.315 bits per heavy atom. The van der Waals surface area contributed by atoms with Crippen LogP contribution in [-0.4, -0.2) is 35.1 Å². The van der Waals surface area contributed by atoms with Gasteiger partial charge in [-0.05, 0) is 182 Å². The first-order chi connectivity index (χ1) is 43.5. The quantitative estimate of drug-likeness (QED) is 0.0247. The van der Waals surface area contributed by atoms with Crippen LogP contribution in [0.15, 0.2) is 152 Å². The molecule has 450 valence electrons. The van der Waals surface area contributed by atoms with Crippen molar-refractivity contribution < 1.29 is 19.2 Å². The van der Waals surface area contributed by atoms with Crippen LogP contribution in [0.25, 0.3) is 76.5 Å². The molecule has 0 spiro atoms. The second kappa shape index (κ2) is 24.0. The van der Waals surface area contributed by atoms with Gasteiger partial charge in [0.2, 0.25) is 0 Å². The van der Waals surface area contributed by atoms with Crippen LogP contribution >= 0.6 is 0 Å². The lowest BCUT2D eigenvalue weighted by atomic mass is 9.69. The summed E-state index contributed by atoms with van der Waals surface area (Å²) in [6, 6.07) is 53.7. The summed E-state index contributed by atoms with van der Waals surface area (Å²) in [5.41, 5.74) is 18.6. The normalized spacial score (nSPS) is 16.2. The van der Waals surface area contributed by atoms with E-state index in [1.807, 2.05) is 66.7 Å². The summed E-state index contributed by atoms with van der Waals surface area (Å²) in [7, 11) is 0. The topological polar surface area (TPSA) is 74.8 Å². The number of hydrogen-bond acceptors (Lipinski definition) is 4. The van der Waals surface area contributed by atoms with E-state index in [2.05, 4.69) is 107 Å². The fourth-order valence-electron chi connectivity index (χ4n) is 17.0. The Morgan fingerprint density at radius 3 is 1.07 bits per heavy atom. The number of benzene rings is 10. The molecule has 0 radical (unpaired) electrons. The number of carbonyl (C=O) groups is 4. The Kier molecular flexibility index (Phi) is 15.7. The summed E-state index contributed by atoms with van der Waals surface area (Å²) in [5.74, 6) is -1.24. The van der Waals surface area contributed by atoms with Crippen molar-refractivity contribution in [2.75, 3.05) is 11.4 Å². The van der Waals surface area contributed by atoms with Crippen LogP contribution in [0, 0.1) is 13.8 Å². The number of rotatable bonds is 25. The zero-order chi connectivity index (χ0) is 61.1. The zero-order valence-corrected chi connectivity index (χ0v) is 53.0. The number of para-hydroxylation sites is 1. The molecule has 4 amide bonds. The van der Waals surface area contributed by atoms with Crippen molar-refractivity contribution in [2.24, 2.45) is 0 Å². The van der Waals surface area contributed by atoms with E-state index >= 15 is 9.59 Å². The van der Waals surface area contributed by atoms with Gasteiger partial charge in [0.1, 0.15) is 0 Å². The molecular weight excluding hydrogens is 1090 g/mol. The predicted octanol–water partition coefficient (Wildman–Crippen LogP) is 21.9. The second-order valence-electron chi connectivity index (χ2n) is 26.9. The van der Waals surface area contributed by atoms with Gasteiger partial charge in [-0.2, -0.15) is 0 Å². The van der Waals surface area contributed by atoms with Gasteiger partial charge in [-0.15, -0.1) is 0 Å². The van der Waals surface area contributed by atoms with E-state index < -0.39 is 0 Å². The molecule has 14 rings (SSSR count). The lowest BCUT2D eigenvalue weighted by molar-refractivity contribution is 0.0604. The number of carbonyl (C=O) groups excluding carboxylic acids is 4. The van der Waals surface area contributed by atoms with Crippen LogP contribution < -0.4 is 4.90 Å². The minimum absolute atomic E-state index is 0.0246. The highest BCUT2D eigenvalue weighted by atomic mass is 16.2. The minimum atomic E-state index is -0.358. The first-order valence-electron chi connectivity index (χ1n) is 34.0. The second-order valence-corrected chi connectivity index (χ2v) is 26.9. The molecule has 0 N–H and O–H groups in total. The van der Waals surface area contributed by atoms with Gasteiger partial charge in [-0.25, -0.2) is 4.90 Å². The summed E-state index contributed by atoms with van der Waals surface area (Å²) in [6.45, 7) is 11.7. The SMILES string of the molecule is CCCCCCCCC1(CCCCCCCC)c2cc(C)ccc2-c2ccc(-c3ccc4c(c3)C(CCCCCC)(CCCN3C(=O)c5ccc6c7ccc8c9c(ccc(c%10ccc(c5c6%10)C3=O)c97)C(=O)N(c3ccccc3)C8=O)c3cc(C)ccc3-4)cc21. The smallest absolute Gasteiger partial charge is 0.265 e. The van der Waals surface area contributed by atoms with E-state index in [0.717, 1.165) is 64.4 Å². The monoisotopic (exact) mass is 1170 g/mol. The highest BCUT2D eigenvalue weighted by Gasteiger charge is 2.46. The van der Waals surface area contributed by atoms with Crippen LogP contribution in [0.5, 0.6) is 0 Å². The Morgan fingerprint density at radius 2 is 0.652 bits per heavy atom. The third-order valence-corrected chi connectivity index (χ3v) is 21.5. The van der Waals surface area contributed by atoms with Gasteiger partial charge < -0.3 is 0 Å². The summed E-state index contributed by atoms with van der Waals surface area (Å²) >= 11 is 0. The van der Waals surface area contributed by atoms with E-state index in [9.17, 15) is 9.59 Å². The van der Waals surface area contributed by atoms with Gasteiger partial charge in [-0.3, -0.25) is 24.1 Å². The van der Waals surface area contributed by atoms with Crippen LogP contribution in [0.2, 0.25) is 0 Å². The summed E-state index contributed by atoms with van der Waals surface area (Å²) in [5, 5.41) is 6.55. The van der Waals surface area contributed by atoms with E-state index in [1.165, 1.54) is 167 Å². The molecule has 0 bridgehead atoms. The molecule has 1 unspecified atom stereocenters. The van der Waals surface area contributed by atoms with Gasteiger partial charge in [-0.1, -0.05) is 238 Å². The highest BCUT2D eigenvalue weighted by Crippen LogP contribution is 2.58. The zero-order valence-electron chi connectivity index (χ0n) is 53.0. The molecule has 2 aliphatic carbocycles. The molecule has 6 heteroatoms. The molecule has 1 atom stereocenters. The maximum absolute atomic E-state index is 15.2. The lowest BCUT2D eigenvalue weighted by Gasteiger charge is -2.35. The third kappa shape index (κ3) is 9.64. The molecule has 0 saturated carbocycles. The molecule has 2 aliphatic heterocycles. The molecule has 2 heterocycles. The summed E-state index contributed by atoms with van der Waals surface area (Å²) in [6.07, 6.45) is 24.8. The highest BCUT2D eigenvalue weighted by molar-refractivity contribution is 6.43. The number of amides is 4. The fourth-order valence-corrected chi connectivity index (χ4v) is 17.0. The van der Waals surface area contributed by atoms with Crippen LogP contribution in [0.3, 0.4) is 0 Å². The van der Waals surface area contributed by atoms with Crippen molar-refractivity contribution in [3.63, 3.8) is 0 Å². The molecule has 10 aromatic rings. The number of aryl methyl sites for hydroxylation is 2. The van der Waals surface area contributed by atoms with Crippen molar-refractivity contribution in [3.8, 4) is 33.4 Å². The van der Waals surface area contributed by atoms with Crippen molar-refractivity contribution in [1.29, 1.82) is 0 Å². The van der Waals surface area contributed by atoms with Crippen LogP contribution in [0.1, 0.15) is 230 Å². The van der Waals surface area contributed by atoms with Crippen molar-refractivity contribution in [2.45, 2.75) is 180 Å². The van der Waals surface area contributed by atoms with Crippen molar-refractivity contribution in [1.82, 2.24) is 4.90 Å². The molecule has 0 saturated heterocycles. The molecule has 89 heavy (non-hydrogen) atoms. The van der Waals surface area contributed by atoms with E-state index in [0.29, 0.717) is 51.7 Å². The van der Waals surface area contributed by atoms with Gasteiger partial charge >= 0.3 is 0 Å². The average Bonchev–Trinajstić information content (AvgIpc) is 1.40. The van der Waals surface area contributed by atoms with Crippen molar-refractivity contribution >= 4 is 72.4 Å². The molecule has 10 aromatic carbocycles. The molecule has 6 nitrogen and oxygen atoms in total. The number of fused-ring (bicyclic) bond motifs is 8. The Bertz CT molecular complexity index is 4320. The first kappa shape index (κ1) is 58.5. The Hall–Kier alpha value is -8.22. The Balaban J connectivity index is 0.804. The van der Waals surface area contributed by atoms with Gasteiger partial charge in [0, 0.05) is 50.4 Å². The molecule has 4 aliphatic rings. The lowest BCUT2D eigenvalue weighted by Crippen LogP contribution is -2.41. The third-order valence-electron chi connectivity index (χ3n) is 21.5. The molecular formula is C83H84N2O4. The van der Waals surface area contributed by atoms with Crippen LogP contribution in [-0.2, 0) is 10.8 Å². The minimum Gasteiger partial charge on any atom is -0.274 e. The number of hydrogen-bond donors (Lipinski definition) is 0. The number of nitrogens with zero attached hydrogens (tertiary/aromatic N) is 2. The molecule has 0 fully saturated rings. The van der Waals surface area contributed by atoms with Gasteiger partial charge in [0.15, 0.2) is 0 Å². The van der Waals surface area contributed by atoms with Crippen LogP contribution in [0.4, 0.5) is 5.69 Å². The number of anilines is 1. The number of imide groups is 2. The van der Waals surface area contributed by atoms with E-state index in [4.69, 9.17) is 0 Å². The summed E-state index contributed by atoms with van der Waals surface area (Å²) < 4.78 is 0. The Labute approximate surface area is 526 Å². The van der Waals surface area contributed by atoms with E-state index in [1.54, 1.807) is 17.7 Å². The average molecular weight is 1170 g/mol.